The van der Waals surface area contributed by atoms with E-state index in [1.165, 1.54) is 0 Å². The molecule has 0 atom stereocenters. The van der Waals surface area contributed by atoms with E-state index in [0.29, 0.717) is 0 Å². The van der Waals surface area contributed by atoms with Crippen molar-refractivity contribution in [2.24, 2.45) is 0 Å². The zero-order chi connectivity index (χ0) is 11.7. The summed E-state index contributed by atoms with van der Waals surface area (Å²) < 4.78 is 5.99. The van der Waals surface area contributed by atoms with Crippen LogP contribution < -0.4 is 5.32 Å². The molecule has 1 fully saturated rings. The van der Waals surface area contributed by atoms with Gasteiger partial charge in [-0.3, -0.25) is 0 Å². The first-order valence-electron chi connectivity index (χ1n) is 5.49. The van der Waals surface area contributed by atoms with Crippen molar-refractivity contribution in [1.29, 1.82) is 0 Å². The van der Waals surface area contributed by atoms with Crippen LogP contribution in [0.2, 0.25) is 0 Å². The van der Waals surface area contributed by atoms with Gasteiger partial charge in [-0.1, -0.05) is 0 Å². The lowest BCUT2D eigenvalue weighted by Gasteiger charge is -2.47. The summed E-state index contributed by atoms with van der Waals surface area (Å²) in [6, 6.07) is 0. The highest BCUT2D eigenvalue weighted by Crippen LogP contribution is 2.27. The van der Waals surface area contributed by atoms with Gasteiger partial charge in [0.2, 0.25) is 0 Å². The van der Waals surface area contributed by atoms with Gasteiger partial charge in [0.25, 0.3) is 0 Å². The zero-order valence-electron chi connectivity index (χ0n) is 10.4. The standard InChI is InChI=1S/C11H22N2OS/c1-6-12-9(15)13-7-10(2,3)14-11(4,5)8-13/h6-8H2,1-5H3,(H,12,15). The average Bonchev–Trinajstić information content (AvgIpc) is 1.98. The maximum Gasteiger partial charge on any atom is 0.169 e. The van der Waals surface area contributed by atoms with E-state index in [1.54, 1.807) is 0 Å². The molecule has 1 N–H and O–H groups in total. The number of hydrogen-bond acceptors (Lipinski definition) is 2. The molecule has 1 heterocycles. The van der Waals surface area contributed by atoms with Crippen molar-refractivity contribution in [1.82, 2.24) is 10.2 Å². The largest absolute Gasteiger partial charge is 0.366 e. The molecule has 1 aliphatic heterocycles. The molecule has 0 amide bonds. The van der Waals surface area contributed by atoms with Gasteiger partial charge in [0.05, 0.1) is 11.2 Å². The van der Waals surface area contributed by atoms with Crippen LogP contribution in [0.1, 0.15) is 34.6 Å². The molecule has 0 aromatic rings. The van der Waals surface area contributed by atoms with Crippen molar-refractivity contribution >= 4 is 17.3 Å². The molecule has 1 aliphatic rings. The van der Waals surface area contributed by atoms with Crippen LogP contribution in [0.4, 0.5) is 0 Å². The molecule has 0 aromatic carbocycles. The summed E-state index contributed by atoms with van der Waals surface area (Å²) in [5, 5.41) is 4.03. The van der Waals surface area contributed by atoms with Gasteiger partial charge in [0, 0.05) is 19.6 Å². The minimum atomic E-state index is -0.138. The fourth-order valence-electron chi connectivity index (χ4n) is 2.19. The molecule has 0 bridgehead atoms. The predicted octanol–water partition coefficient (Wildman–Crippen LogP) is 1.77. The maximum atomic E-state index is 5.99. The summed E-state index contributed by atoms with van der Waals surface area (Å²) in [6.45, 7) is 13.1. The van der Waals surface area contributed by atoms with Crippen LogP contribution in [0.15, 0.2) is 0 Å². The highest BCUT2D eigenvalue weighted by Gasteiger charge is 2.38. The lowest BCUT2D eigenvalue weighted by atomic mass is 9.99. The van der Waals surface area contributed by atoms with E-state index in [9.17, 15) is 0 Å². The molecule has 0 aliphatic carbocycles. The van der Waals surface area contributed by atoms with E-state index in [1.807, 2.05) is 0 Å². The molecule has 1 rings (SSSR count). The third kappa shape index (κ3) is 3.61. The Morgan fingerprint density at radius 3 is 2.13 bits per heavy atom. The van der Waals surface area contributed by atoms with Gasteiger partial charge in [-0.05, 0) is 46.8 Å². The van der Waals surface area contributed by atoms with Gasteiger partial charge < -0.3 is 15.0 Å². The molecular weight excluding hydrogens is 208 g/mol. The van der Waals surface area contributed by atoms with Gasteiger partial charge in [-0.25, -0.2) is 0 Å². The first-order chi connectivity index (χ1) is 6.76. The fraction of sp³-hybridized carbons (Fsp3) is 0.909. The first-order valence-corrected chi connectivity index (χ1v) is 5.89. The lowest BCUT2D eigenvalue weighted by molar-refractivity contribution is -0.167. The van der Waals surface area contributed by atoms with Crippen LogP contribution in [0.25, 0.3) is 0 Å². The average molecular weight is 230 g/mol. The molecule has 0 unspecified atom stereocenters. The number of nitrogens with one attached hydrogen (secondary N) is 1. The van der Waals surface area contributed by atoms with Gasteiger partial charge in [0.15, 0.2) is 5.11 Å². The molecule has 0 radical (unpaired) electrons. The molecule has 3 nitrogen and oxygen atoms in total. The Bertz CT molecular complexity index is 235. The SMILES string of the molecule is CCNC(=S)N1CC(C)(C)OC(C)(C)C1. The Morgan fingerprint density at radius 2 is 1.73 bits per heavy atom. The van der Waals surface area contributed by atoms with E-state index in [2.05, 4.69) is 44.8 Å². The number of hydrogen-bond donors (Lipinski definition) is 1. The number of morpholine rings is 1. The topological polar surface area (TPSA) is 24.5 Å². The summed E-state index contributed by atoms with van der Waals surface area (Å²) in [6.07, 6.45) is 0. The summed E-state index contributed by atoms with van der Waals surface area (Å²) in [7, 11) is 0. The maximum absolute atomic E-state index is 5.99. The third-order valence-electron chi connectivity index (χ3n) is 2.31. The molecule has 4 heteroatoms. The van der Waals surface area contributed by atoms with Crippen molar-refractivity contribution in [3.05, 3.63) is 0 Å². The molecule has 1 saturated heterocycles. The Labute approximate surface area is 98.2 Å². The first kappa shape index (κ1) is 12.7. The number of ether oxygens (including phenoxy) is 1. The summed E-state index contributed by atoms with van der Waals surface area (Å²) in [5.41, 5.74) is -0.275. The summed E-state index contributed by atoms with van der Waals surface area (Å²) in [5.74, 6) is 0. The molecule has 15 heavy (non-hydrogen) atoms. The molecule has 0 saturated carbocycles. The van der Waals surface area contributed by atoms with Gasteiger partial charge in [-0.15, -0.1) is 0 Å². The van der Waals surface area contributed by atoms with E-state index in [4.69, 9.17) is 17.0 Å². The second-order valence-corrected chi connectivity index (χ2v) is 5.70. The van der Waals surface area contributed by atoms with Crippen molar-refractivity contribution in [3.8, 4) is 0 Å². The molecule has 88 valence electrons. The smallest absolute Gasteiger partial charge is 0.169 e. The van der Waals surface area contributed by atoms with E-state index < -0.39 is 0 Å². The zero-order valence-corrected chi connectivity index (χ0v) is 11.2. The van der Waals surface area contributed by atoms with Gasteiger partial charge >= 0.3 is 0 Å². The Kier molecular flexibility index (Phi) is 3.61. The Hall–Kier alpha value is -0.350. The van der Waals surface area contributed by atoms with E-state index >= 15 is 0 Å². The Balaban J connectivity index is 2.71. The highest BCUT2D eigenvalue weighted by molar-refractivity contribution is 7.80. The normalized spacial score (nSPS) is 23.7. The number of thiocarbonyl (C=S) groups is 1. The van der Waals surface area contributed by atoms with Crippen molar-refractivity contribution in [2.75, 3.05) is 19.6 Å². The molecular formula is C11H22N2OS. The van der Waals surface area contributed by atoms with Gasteiger partial charge in [0.1, 0.15) is 0 Å². The monoisotopic (exact) mass is 230 g/mol. The fourth-order valence-corrected chi connectivity index (χ4v) is 2.47. The van der Waals surface area contributed by atoms with Crippen LogP contribution in [0.3, 0.4) is 0 Å². The van der Waals surface area contributed by atoms with Crippen LogP contribution in [-0.2, 0) is 4.74 Å². The summed E-state index contributed by atoms with van der Waals surface area (Å²) in [4.78, 5) is 2.20. The molecule has 0 aromatic heterocycles. The number of rotatable bonds is 1. The van der Waals surface area contributed by atoms with E-state index in [-0.39, 0.29) is 11.2 Å². The quantitative estimate of drug-likeness (QED) is 0.694. The predicted molar refractivity (Wildman–Crippen MR) is 67.1 cm³/mol. The lowest BCUT2D eigenvalue weighted by Crippen LogP contribution is -2.60. The Morgan fingerprint density at radius 1 is 1.27 bits per heavy atom. The third-order valence-corrected chi connectivity index (χ3v) is 2.71. The van der Waals surface area contributed by atoms with Crippen LogP contribution in [0.5, 0.6) is 0 Å². The minimum Gasteiger partial charge on any atom is -0.366 e. The van der Waals surface area contributed by atoms with Crippen molar-refractivity contribution in [2.45, 2.75) is 45.8 Å². The second kappa shape index (κ2) is 4.26. The highest BCUT2D eigenvalue weighted by atomic mass is 32.1. The van der Waals surface area contributed by atoms with Crippen LogP contribution in [0, 0.1) is 0 Å². The molecule has 0 spiro atoms. The van der Waals surface area contributed by atoms with E-state index in [0.717, 1.165) is 24.7 Å². The van der Waals surface area contributed by atoms with Crippen molar-refractivity contribution in [3.63, 3.8) is 0 Å². The second-order valence-electron chi connectivity index (χ2n) is 5.31. The number of nitrogens with zero attached hydrogens (tertiary/aromatic N) is 1. The van der Waals surface area contributed by atoms with Crippen LogP contribution in [-0.4, -0.2) is 40.8 Å². The van der Waals surface area contributed by atoms with Gasteiger partial charge in [-0.2, -0.15) is 0 Å². The summed E-state index contributed by atoms with van der Waals surface area (Å²) >= 11 is 5.34. The minimum absolute atomic E-state index is 0.138. The van der Waals surface area contributed by atoms with Crippen molar-refractivity contribution < 1.29 is 4.74 Å². The van der Waals surface area contributed by atoms with Crippen LogP contribution >= 0.6 is 12.2 Å².